The summed E-state index contributed by atoms with van der Waals surface area (Å²) in [4.78, 5) is 15.7. The van der Waals surface area contributed by atoms with Crippen LogP contribution in [0, 0.1) is 0 Å². The molecule has 2 rings (SSSR count). The first-order valence-electron chi connectivity index (χ1n) is 5.42. The lowest BCUT2D eigenvalue weighted by Crippen LogP contribution is -2.23. The monoisotopic (exact) mass is 243 g/mol. The second kappa shape index (κ2) is 5.18. The minimum absolute atomic E-state index is 0.0866. The maximum absolute atomic E-state index is 11.8. The number of carbonyl (C=O) groups excluding carboxylic acids is 1. The summed E-state index contributed by atoms with van der Waals surface area (Å²) >= 11 is 0. The van der Waals surface area contributed by atoms with E-state index in [1.165, 1.54) is 18.2 Å². The molecule has 0 atom stereocenters. The van der Waals surface area contributed by atoms with Gasteiger partial charge in [0.2, 0.25) is 0 Å². The third kappa shape index (κ3) is 2.76. The lowest BCUT2D eigenvalue weighted by atomic mass is 10.1. The van der Waals surface area contributed by atoms with E-state index >= 15 is 0 Å². The van der Waals surface area contributed by atoms with Crippen molar-refractivity contribution in [1.29, 1.82) is 0 Å². The van der Waals surface area contributed by atoms with E-state index in [2.05, 4.69) is 10.3 Å². The van der Waals surface area contributed by atoms with Gasteiger partial charge in [-0.2, -0.15) is 0 Å². The Morgan fingerprint density at radius 1 is 1.28 bits per heavy atom. The fourth-order valence-electron chi connectivity index (χ4n) is 1.51. The summed E-state index contributed by atoms with van der Waals surface area (Å²) in [5.74, 6) is -0.451. The molecule has 1 amide bonds. The zero-order chi connectivity index (χ0) is 13.0. The molecule has 0 aliphatic rings. The second-order valence-corrected chi connectivity index (χ2v) is 3.81. The Balaban J connectivity index is 2.06. The van der Waals surface area contributed by atoms with Crippen LogP contribution in [0.3, 0.4) is 0 Å². The molecule has 5 heteroatoms. The van der Waals surface area contributed by atoms with Crippen molar-refractivity contribution in [3.8, 4) is 5.75 Å². The number of phenolic OH excluding ortho intramolecular Hbond substituents is 1. The van der Waals surface area contributed by atoms with Crippen LogP contribution in [0.1, 0.15) is 15.9 Å². The van der Waals surface area contributed by atoms with Crippen molar-refractivity contribution < 1.29 is 9.90 Å². The minimum atomic E-state index is -0.364. The largest absolute Gasteiger partial charge is 0.507 e. The molecule has 0 bridgehead atoms. The molecule has 1 heterocycles. The van der Waals surface area contributed by atoms with Crippen LogP contribution in [0.25, 0.3) is 0 Å². The molecule has 0 fully saturated rings. The lowest BCUT2D eigenvalue weighted by Gasteiger charge is -2.07. The second-order valence-electron chi connectivity index (χ2n) is 3.81. The number of aromatic hydroxyl groups is 1. The summed E-state index contributed by atoms with van der Waals surface area (Å²) in [5.41, 5.74) is 7.11. The van der Waals surface area contributed by atoms with Crippen molar-refractivity contribution in [2.75, 3.05) is 5.73 Å². The van der Waals surface area contributed by atoms with Gasteiger partial charge in [-0.25, -0.2) is 0 Å². The normalized spacial score (nSPS) is 10.0. The van der Waals surface area contributed by atoms with E-state index in [4.69, 9.17) is 5.73 Å². The van der Waals surface area contributed by atoms with Crippen molar-refractivity contribution in [1.82, 2.24) is 10.3 Å². The van der Waals surface area contributed by atoms with Crippen LogP contribution < -0.4 is 11.1 Å². The highest BCUT2D eigenvalue weighted by molar-refractivity contribution is 5.97. The van der Waals surface area contributed by atoms with Gasteiger partial charge in [0.25, 0.3) is 5.91 Å². The van der Waals surface area contributed by atoms with Gasteiger partial charge >= 0.3 is 0 Å². The highest BCUT2D eigenvalue weighted by Gasteiger charge is 2.10. The molecule has 0 saturated carbocycles. The molecule has 5 nitrogen and oxygen atoms in total. The molecular weight excluding hydrogens is 230 g/mol. The van der Waals surface area contributed by atoms with Gasteiger partial charge in [-0.1, -0.05) is 0 Å². The number of nitrogen functional groups attached to an aromatic ring is 1. The standard InChI is InChI=1S/C13H13N3O2/c14-10-1-2-12(17)11(7-10)13(18)16-8-9-3-5-15-6-4-9/h1-7,17H,8,14H2,(H,16,18). The zero-order valence-electron chi connectivity index (χ0n) is 9.63. The Kier molecular flexibility index (Phi) is 3.43. The number of benzene rings is 1. The van der Waals surface area contributed by atoms with E-state index in [0.29, 0.717) is 12.2 Å². The van der Waals surface area contributed by atoms with Crippen molar-refractivity contribution in [3.63, 3.8) is 0 Å². The molecule has 92 valence electrons. The van der Waals surface area contributed by atoms with Gasteiger partial charge in [0.15, 0.2) is 0 Å². The molecule has 18 heavy (non-hydrogen) atoms. The van der Waals surface area contributed by atoms with Crippen LogP contribution in [0.15, 0.2) is 42.7 Å². The predicted molar refractivity (Wildman–Crippen MR) is 67.9 cm³/mol. The predicted octanol–water partition coefficient (Wildman–Crippen LogP) is 1.30. The number of rotatable bonds is 3. The maximum atomic E-state index is 11.8. The molecule has 0 radical (unpaired) electrons. The Hall–Kier alpha value is -2.56. The number of anilines is 1. The van der Waals surface area contributed by atoms with E-state index in [-0.39, 0.29) is 17.2 Å². The molecule has 1 aromatic carbocycles. The highest BCUT2D eigenvalue weighted by Crippen LogP contribution is 2.19. The summed E-state index contributed by atoms with van der Waals surface area (Å²) < 4.78 is 0. The van der Waals surface area contributed by atoms with Gasteiger partial charge in [-0.15, -0.1) is 0 Å². The molecule has 0 aliphatic heterocycles. The third-order valence-electron chi connectivity index (χ3n) is 2.47. The fourth-order valence-corrected chi connectivity index (χ4v) is 1.51. The number of nitrogens with one attached hydrogen (secondary N) is 1. The SMILES string of the molecule is Nc1ccc(O)c(C(=O)NCc2ccncc2)c1. The van der Waals surface area contributed by atoms with Gasteiger partial charge in [-0.05, 0) is 35.9 Å². The zero-order valence-corrected chi connectivity index (χ0v) is 9.63. The Bertz CT molecular complexity index is 555. The average molecular weight is 243 g/mol. The molecular formula is C13H13N3O2. The van der Waals surface area contributed by atoms with Gasteiger partial charge in [-0.3, -0.25) is 9.78 Å². The maximum Gasteiger partial charge on any atom is 0.255 e. The number of nitrogens with zero attached hydrogens (tertiary/aromatic N) is 1. The first-order valence-corrected chi connectivity index (χ1v) is 5.42. The summed E-state index contributed by atoms with van der Waals surface area (Å²) in [6, 6.07) is 7.99. The van der Waals surface area contributed by atoms with Crippen LogP contribution in [0.2, 0.25) is 0 Å². The summed E-state index contributed by atoms with van der Waals surface area (Å²) in [6.07, 6.45) is 3.30. The van der Waals surface area contributed by atoms with Gasteiger partial charge < -0.3 is 16.2 Å². The average Bonchev–Trinajstić information content (AvgIpc) is 2.40. The summed E-state index contributed by atoms with van der Waals surface area (Å²) in [5, 5.41) is 12.3. The van der Waals surface area contributed by atoms with E-state index in [1.807, 2.05) is 0 Å². The quantitative estimate of drug-likeness (QED) is 0.560. The van der Waals surface area contributed by atoms with Gasteiger partial charge in [0.1, 0.15) is 5.75 Å². The van der Waals surface area contributed by atoms with Crippen LogP contribution in [0.5, 0.6) is 5.75 Å². The number of hydrogen-bond acceptors (Lipinski definition) is 4. The molecule has 1 aromatic heterocycles. The first-order chi connectivity index (χ1) is 8.66. The number of nitrogens with two attached hydrogens (primary N) is 1. The van der Waals surface area contributed by atoms with Crippen molar-refractivity contribution in [2.24, 2.45) is 0 Å². The Labute approximate surface area is 104 Å². The summed E-state index contributed by atoms with van der Waals surface area (Å²) in [7, 11) is 0. The number of phenols is 1. The van der Waals surface area contributed by atoms with Crippen LogP contribution in [-0.4, -0.2) is 16.0 Å². The van der Waals surface area contributed by atoms with Crippen molar-refractivity contribution in [3.05, 3.63) is 53.9 Å². The van der Waals surface area contributed by atoms with Crippen molar-refractivity contribution >= 4 is 11.6 Å². The topological polar surface area (TPSA) is 88.2 Å². The Morgan fingerprint density at radius 2 is 2.00 bits per heavy atom. The smallest absolute Gasteiger partial charge is 0.255 e. The van der Waals surface area contributed by atoms with E-state index in [9.17, 15) is 9.90 Å². The lowest BCUT2D eigenvalue weighted by molar-refractivity contribution is 0.0948. The van der Waals surface area contributed by atoms with Gasteiger partial charge in [0.05, 0.1) is 5.56 Å². The van der Waals surface area contributed by atoms with Crippen molar-refractivity contribution in [2.45, 2.75) is 6.54 Å². The first kappa shape index (κ1) is 11.9. The molecule has 0 spiro atoms. The van der Waals surface area contributed by atoms with Gasteiger partial charge in [0, 0.05) is 24.6 Å². The highest BCUT2D eigenvalue weighted by atomic mass is 16.3. The number of pyridine rings is 1. The molecule has 0 saturated heterocycles. The third-order valence-corrected chi connectivity index (χ3v) is 2.47. The molecule has 0 aliphatic carbocycles. The van der Waals surface area contributed by atoms with E-state index < -0.39 is 0 Å². The van der Waals surface area contributed by atoms with Crippen LogP contribution >= 0.6 is 0 Å². The van der Waals surface area contributed by atoms with E-state index in [0.717, 1.165) is 5.56 Å². The number of aromatic nitrogens is 1. The summed E-state index contributed by atoms with van der Waals surface area (Å²) in [6.45, 7) is 0.371. The molecule has 0 unspecified atom stereocenters. The van der Waals surface area contributed by atoms with Crippen LogP contribution in [-0.2, 0) is 6.54 Å². The molecule has 4 N–H and O–H groups in total. The Morgan fingerprint density at radius 3 is 2.72 bits per heavy atom. The molecule has 2 aromatic rings. The minimum Gasteiger partial charge on any atom is -0.507 e. The van der Waals surface area contributed by atoms with E-state index in [1.54, 1.807) is 24.5 Å². The number of amides is 1. The fraction of sp³-hybridized carbons (Fsp3) is 0.0769. The van der Waals surface area contributed by atoms with Crippen LogP contribution in [0.4, 0.5) is 5.69 Å². The number of carbonyl (C=O) groups is 1. The number of hydrogen-bond donors (Lipinski definition) is 3.